The van der Waals surface area contributed by atoms with Crippen LogP contribution in [0.2, 0.25) is 0 Å². The average Bonchev–Trinajstić information content (AvgIpc) is 2.19. The minimum Gasteiger partial charge on any atom is -0.377 e. The Bertz CT molecular complexity index is 171. The molecule has 1 saturated heterocycles. The zero-order chi connectivity index (χ0) is 11.3. The zero-order valence-corrected chi connectivity index (χ0v) is 10.4. The van der Waals surface area contributed by atoms with Gasteiger partial charge in [-0.1, -0.05) is 20.8 Å². The molecule has 0 spiro atoms. The van der Waals surface area contributed by atoms with Gasteiger partial charge in [0.25, 0.3) is 0 Å². The molecule has 3 N–H and O–H groups in total. The maximum Gasteiger partial charge on any atom is 0.0741 e. The first-order valence-corrected chi connectivity index (χ1v) is 6.11. The fourth-order valence-corrected chi connectivity index (χ4v) is 2.05. The lowest BCUT2D eigenvalue weighted by Crippen LogP contribution is -2.46. The fourth-order valence-electron chi connectivity index (χ4n) is 2.05. The van der Waals surface area contributed by atoms with Crippen LogP contribution >= 0.6 is 0 Å². The Labute approximate surface area is 93.7 Å². The van der Waals surface area contributed by atoms with Gasteiger partial charge in [0.05, 0.1) is 6.10 Å². The highest BCUT2D eigenvalue weighted by molar-refractivity contribution is 4.79. The molecule has 2 unspecified atom stereocenters. The predicted octanol–water partition coefficient (Wildman–Crippen LogP) is 2.21. The van der Waals surface area contributed by atoms with E-state index in [9.17, 15) is 0 Å². The lowest BCUT2D eigenvalue weighted by Gasteiger charge is -2.31. The summed E-state index contributed by atoms with van der Waals surface area (Å²) in [6.07, 6.45) is 6.24. The first-order valence-electron chi connectivity index (χ1n) is 6.11. The molecule has 0 aromatic heterocycles. The van der Waals surface area contributed by atoms with E-state index in [4.69, 9.17) is 10.6 Å². The Morgan fingerprint density at radius 2 is 2.13 bits per heavy atom. The summed E-state index contributed by atoms with van der Waals surface area (Å²) in [6.45, 7) is 7.70. The molecule has 0 bridgehead atoms. The van der Waals surface area contributed by atoms with E-state index < -0.39 is 0 Å². The third-order valence-corrected chi connectivity index (χ3v) is 3.08. The largest absolute Gasteiger partial charge is 0.377 e. The summed E-state index contributed by atoms with van der Waals surface area (Å²) in [5.41, 5.74) is 3.30. The Hall–Kier alpha value is -0.120. The third-order valence-electron chi connectivity index (χ3n) is 3.08. The molecular weight excluding hydrogens is 188 g/mol. The topological polar surface area (TPSA) is 47.3 Å². The molecule has 15 heavy (non-hydrogen) atoms. The second kappa shape index (κ2) is 5.83. The van der Waals surface area contributed by atoms with Crippen LogP contribution in [0.1, 0.15) is 52.9 Å². The summed E-state index contributed by atoms with van der Waals surface area (Å²) >= 11 is 0. The van der Waals surface area contributed by atoms with E-state index in [2.05, 4.69) is 26.2 Å². The van der Waals surface area contributed by atoms with Crippen LogP contribution in [0.5, 0.6) is 0 Å². The van der Waals surface area contributed by atoms with E-state index in [0.29, 0.717) is 17.6 Å². The van der Waals surface area contributed by atoms with Crippen molar-refractivity contribution in [2.24, 2.45) is 11.3 Å². The van der Waals surface area contributed by atoms with Gasteiger partial charge in [0.15, 0.2) is 0 Å². The summed E-state index contributed by atoms with van der Waals surface area (Å²) in [6, 6.07) is 0.324. The van der Waals surface area contributed by atoms with Crippen LogP contribution < -0.4 is 11.3 Å². The second-order valence-corrected chi connectivity index (χ2v) is 5.78. The number of ether oxygens (including phenoxy) is 1. The maximum atomic E-state index is 5.75. The molecule has 0 aromatic carbocycles. The highest BCUT2D eigenvalue weighted by Gasteiger charge is 2.24. The molecule has 0 aliphatic carbocycles. The lowest BCUT2D eigenvalue weighted by molar-refractivity contribution is -0.0113. The Kier molecular flexibility index (Phi) is 5.03. The van der Waals surface area contributed by atoms with E-state index >= 15 is 0 Å². The van der Waals surface area contributed by atoms with E-state index in [0.717, 1.165) is 19.4 Å². The molecule has 0 aromatic rings. The van der Waals surface area contributed by atoms with E-state index in [1.165, 1.54) is 19.3 Å². The van der Waals surface area contributed by atoms with Crippen molar-refractivity contribution in [3.05, 3.63) is 0 Å². The van der Waals surface area contributed by atoms with Gasteiger partial charge in [-0.25, -0.2) is 0 Å². The third kappa shape index (κ3) is 4.96. The van der Waals surface area contributed by atoms with Gasteiger partial charge in [0, 0.05) is 12.6 Å². The van der Waals surface area contributed by atoms with Gasteiger partial charge in [0.1, 0.15) is 0 Å². The van der Waals surface area contributed by atoms with Gasteiger partial charge in [0.2, 0.25) is 0 Å². The number of nitrogens with two attached hydrogens (primary N) is 1. The van der Waals surface area contributed by atoms with Crippen molar-refractivity contribution in [1.29, 1.82) is 0 Å². The van der Waals surface area contributed by atoms with Gasteiger partial charge < -0.3 is 4.74 Å². The highest BCUT2D eigenvalue weighted by Crippen LogP contribution is 2.25. The number of hydrogen-bond acceptors (Lipinski definition) is 3. The molecule has 0 radical (unpaired) electrons. The smallest absolute Gasteiger partial charge is 0.0741 e. The van der Waals surface area contributed by atoms with Crippen LogP contribution in [0, 0.1) is 5.41 Å². The first-order chi connectivity index (χ1) is 7.03. The van der Waals surface area contributed by atoms with Crippen LogP contribution in [-0.4, -0.2) is 18.8 Å². The normalized spacial score (nSPS) is 25.2. The predicted molar refractivity (Wildman–Crippen MR) is 63.4 cm³/mol. The summed E-state index contributed by atoms with van der Waals surface area (Å²) < 4.78 is 5.75. The summed E-state index contributed by atoms with van der Waals surface area (Å²) in [7, 11) is 0. The van der Waals surface area contributed by atoms with Gasteiger partial charge in [-0.05, 0) is 37.5 Å². The van der Waals surface area contributed by atoms with Crippen molar-refractivity contribution < 1.29 is 4.74 Å². The van der Waals surface area contributed by atoms with Crippen molar-refractivity contribution in [1.82, 2.24) is 5.43 Å². The monoisotopic (exact) mass is 214 g/mol. The minimum absolute atomic E-state index is 0.324. The molecule has 1 heterocycles. The van der Waals surface area contributed by atoms with Crippen molar-refractivity contribution in [2.45, 2.75) is 65.0 Å². The molecular formula is C12H26N2O. The molecule has 0 amide bonds. The van der Waals surface area contributed by atoms with Gasteiger partial charge in [-0.15, -0.1) is 0 Å². The van der Waals surface area contributed by atoms with Crippen LogP contribution in [0.15, 0.2) is 0 Å². The van der Waals surface area contributed by atoms with Gasteiger partial charge in [-0.2, -0.15) is 0 Å². The molecule has 1 rings (SSSR count). The first kappa shape index (κ1) is 12.9. The number of rotatable bonds is 4. The molecule has 90 valence electrons. The fraction of sp³-hybridized carbons (Fsp3) is 1.00. The van der Waals surface area contributed by atoms with Gasteiger partial charge in [-0.3, -0.25) is 11.3 Å². The summed E-state index contributed by atoms with van der Waals surface area (Å²) in [5, 5.41) is 0. The Morgan fingerprint density at radius 3 is 2.60 bits per heavy atom. The standard InChI is InChI=1S/C12H26N2O/c1-12(2,3)8-7-10(14-13)11-6-4-5-9-15-11/h10-11,14H,4-9,13H2,1-3H3. The summed E-state index contributed by atoms with van der Waals surface area (Å²) in [4.78, 5) is 0. The molecule has 1 fully saturated rings. The van der Waals surface area contributed by atoms with Crippen LogP contribution in [-0.2, 0) is 4.74 Å². The highest BCUT2D eigenvalue weighted by atomic mass is 16.5. The molecule has 1 aliphatic rings. The van der Waals surface area contributed by atoms with Crippen molar-refractivity contribution in [3.8, 4) is 0 Å². The quantitative estimate of drug-likeness (QED) is 0.557. The van der Waals surface area contributed by atoms with Crippen LogP contribution in [0.4, 0.5) is 0 Å². The van der Waals surface area contributed by atoms with Crippen molar-refractivity contribution >= 4 is 0 Å². The minimum atomic E-state index is 0.324. The van der Waals surface area contributed by atoms with Crippen molar-refractivity contribution in [2.75, 3.05) is 6.61 Å². The SMILES string of the molecule is CC(C)(C)CCC(NN)C1CCCCO1. The Morgan fingerprint density at radius 1 is 1.40 bits per heavy atom. The number of nitrogens with one attached hydrogen (secondary N) is 1. The molecule has 3 nitrogen and oxygen atoms in total. The second-order valence-electron chi connectivity index (χ2n) is 5.78. The number of hydrazine groups is 1. The molecule has 3 heteroatoms. The average molecular weight is 214 g/mol. The van der Waals surface area contributed by atoms with Crippen molar-refractivity contribution in [3.63, 3.8) is 0 Å². The van der Waals surface area contributed by atoms with E-state index in [1.807, 2.05) is 0 Å². The van der Waals surface area contributed by atoms with E-state index in [-0.39, 0.29) is 0 Å². The molecule has 0 saturated carbocycles. The van der Waals surface area contributed by atoms with Crippen LogP contribution in [0.25, 0.3) is 0 Å². The number of hydrogen-bond donors (Lipinski definition) is 2. The van der Waals surface area contributed by atoms with E-state index in [1.54, 1.807) is 0 Å². The molecule has 1 aliphatic heterocycles. The Balaban J connectivity index is 2.34. The molecule has 2 atom stereocenters. The van der Waals surface area contributed by atoms with Crippen LogP contribution in [0.3, 0.4) is 0 Å². The lowest BCUT2D eigenvalue weighted by atomic mass is 9.87. The van der Waals surface area contributed by atoms with Gasteiger partial charge >= 0.3 is 0 Å². The maximum absolute atomic E-state index is 5.75. The zero-order valence-electron chi connectivity index (χ0n) is 10.4. The summed E-state index contributed by atoms with van der Waals surface area (Å²) in [5.74, 6) is 5.60.